The van der Waals surface area contributed by atoms with Crippen LogP contribution in [0.1, 0.15) is 15.4 Å². The highest BCUT2D eigenvalue weighted by Crippen LogP contribution is 2.24. The first-order valence-corrected chi connectivity index (χ1v) is 8.64. The Kier molecular flexibility index (Phi) is 4.53. The number of benzene rings is 1. The van der Waals surface area contributed by atoms with E-state index in [2.05, 4.69) is 15.2 Å². The Morgan fingerprint density at radius 1 is 1.30 bits per heavy atom. The van der Waals surface area contributed by atoms with E-state index in [1.54, 1.807) is 11.3 Å². The molecule has 8 heteroatoms. The van der Waals surface area contributed by atoms with Crippen molar-refractivity contribution in [1.82, 2.24) is 19.7 Å². The quantitative estimate of drug-likeness (QED) is 0.523. The van der Waals surface area contributed by atoms with Crippen LogP contribution in [0, 0.1) is 12.7 Å². The fraction of sp³-hybridized carbons (Fsp3) is 0.200. The van der Waals surface area contributed by atoms with Gasteiger partial charge in [0, 0.05) is 18.0 Å². The maximum absolute atomic E-state index is 12.9. The summed E-state index contributed by atoms with van der Waals surface area (Å²) in [5.74, 6) is 0.453. The van der Waals surface area contributed by atoms with E-state index in [9.17, 15) is 9.18 Å². The van der Waals surface area contributed by atoms with Crippen LogP contribution in [0.5, 0.6) is 0 Å². The molecule has 0 aliphatic carbocycles. The normalized spacial score (nSPS) is 10.9. The second kappa shape index (κ2) is 6.59. The van der Waals surface area contributed by atoms with Crippen LogP contribution in [0.25, 0.3) is 11.5 Å². The van der Waals surface area contributed by atoms with Gasteiger partial charge in [-0.25, -0.2) is 9.37 Å². The molecule has 0 spiro atoms. The SMILES string of the molecule is Cc1nc(-c2nnc(SCC(=O)c3ccc(F)cc3)n2C)cs1. The molecule has 0 fully saturated rings. The van der Waals surface area contributed by atoms with E-state index in [0.29, 0.717) is 16.5 Å². The number of carbonyl (C=O) groups is 1. The third kappa shape index (κ3) is 3.48. The highest BCUT2D eigenvalue weighted by molar-refractivity contribution is 7.99. The molecule has 0 saturated heterocycles. The third-order valence-corrected chi connectivity index (χ3v) is 4.98. The molecule has 0 radical (unpaired) electrons. The minimum atomic E-state index is -0.356. The predicted molar refractivity (Wildman–Crippen MR) is 88.3 cm³/mol. The van der Waals surface area contributed by atoms with Crippen LogP contribution in [0.4, 0.5) is 4.39 Å². The number of aromatic nitrogens is 4. The number of thioether (sulfide) groups is 1. The Hall–Kier alpha value is -2.06. The van der Waals surface area contributed by atoms with E-state index in [-0.39, 0.29) is 17.4 Å². The molecule has 0 N–H and O–H groups in total. The van der Waals surface area contributed by atoms with Gasteiger partial charge in [0.2, 0.25) is 0 Å². The molecule has 2 aromatic heterocycles. The molecule has 3 rings (SSSR count). The zero-order chi connectivity index (χ0) is 16.4. The molecule has 0 aliphatic rings. The van der Waals surface area contributed by atoms with E-state index < -0.39 is 0 Å². The molecule has 0 bridgehead atoms. The van der Waals surface area contributed by atoms with Crippen molar-refractivity contribution < 1.29 is 9.18 Å². The Morgan fingerprint density at radius 2 is 2.04 bits per heavy atom. The zero-order valence-corrected chi connectivity index (χ0v) is 14.1. The number of nitrogens with zero attached hydrogens (tertiary/aromatic N) is 4. The largest absolute Gasteiger partial charge is 0.304 e. The molecule has 3 aromatic rings. The minimum absolute atomic E-state index is 0.0796. The van der Waals surface area contributed by atoms with Crippen molar-refractivity contribution in [2.24, 2.45) is 7.05 Å². The first-order chi connectivity index (χ1) is 11.0. The van der Waals surface area contributed by atoms with E-state index in [4.69, 9.17) is 0 Å². The van der Waals surface area contributed by atoms with Crippen LogP contribution in [-0.4, -0.2) is 31.3 Å². The number of carbonyl (C=O) groups excluding carboxylic acids is 1. The maximum atomic E-state index is 12.9. The number of aryl methyl sites for hydroxylation is 1. The van der Waals surface area contributed by atoms with Crippen molar-refractivity contribution >= 4 is 28.9 Å². The number of ketones is 1. The van der Waals surface area contributed by atoms with Crippen molar-refractivity contribution in [3.8, 4) is 11.5 Å². The summed E-state index contributed by atoms with van der Waals surface area (Å²) in [5.41, 5.74) is 1.26. The van der Waals surface area contributed by atoms with Crippen LogP contribution in [-0.2, 0) is 7.05 Å². The zero-order valence-electron chi connectivity index (χ0n) is 12.5. The monoisotopic (exact) mass is 348 g/mol. The van der Waals surface area contributed by atoms with Crippen LogP contribution in [0.2, 0.25) is 0 Å². The molecule has 1 aromatic carbocycles. The van der Waals surface area contributed by atoms with Gasteiger partial charge in [0.1, 0.15) is 11.5 Å². The summed E-state index contributed by atoms with van der Waals surface area (Å²) in [6.45, 7) is 1.93. The van der Waals surface area contributed by atoms with Crippen LogP contribution >= 0.6 is 23.1 Å². The minimum Gasteiger partial charge on any atom is -0.304 e. The number of thiazole rings is 1. The summed E-state index contributed by atoms with van der Waals surface area (Å²) in [4.78, 5) is 16.5. The average molecular weight is 348 g/mol. The van der Waals surface area contributed by atoms with E-state index in [1.165, 1.54) is 36.0 Å². The third-order valence-electron chi connectivity index (χ3n) is 3.18. The Labute approximate surface area is 140 Å². The Morgan fingerprint density at radius 3 is 2.70 bits per heavy atom. The smallest absolute Gasteiger partial charge is 0.191 e. The van der Waals surface area contributed by atoms with Gasteiger partial charge in [-0.1, -0.05) is 11.8 Å². The molecule has 0 unspecified atom stereocenters. The molecule has 0 saturated carbocycles. The van der Waals surface area contributed by atoms with Crippen molar-refractivity contribution in [2.75, 3.05) is 5.75 Å². The van der Waals surface area contributed by atoms with Gasteiger partial charge in [-0.3, -0.25) is 4.79 Å². The highest BCUT2D eigenvalue weighted by atomic mass is 32.2. The maximum Gasteiger partial charge on any atom is 0.191 e. The van der Waals surface area contributed by atoms with Crippen molar-refractivity contribution in [3.05, 3.63) is 46.0 Å². The summed E-state index contributed by atoms with van der Waals surface area (Å²) in [6, 6.07) is 5.53. The second-order valence-electron chi connectivity index (χ2n) is 4.84. The van der Waals surface area contributed by atoms with Gasteiger partial charge in [0.15, 0.2) is 16.8 Å². The Bertz CT molecular complexity index is 842. The van der Waals surface area contributed by atoms with Gasteiger partial charge in [-0.05, 0) is 31.2 Å². The average Bonchev–Trinajstić information content (AvgIpc) is 3.11. The topological polar surface area (TPSA) is 60.7 Å². The van der Waals surface area contributed by atoms with E-state index in [1.807, 2.05) is 23.9 Å². The molecule has 0 amide bonds. The Balaban J connectivity index is 1.70. The van der Waals surface area contributed by atoms with Gasteiger partial charge in [0.05, 0.1) is 10.8 Å². The standard InChI is InChI=1S/C15H13FN4OS2/c1-9-17-12(7-22-9)14-18-19-15(20(14)2)23-8-13(21)10-3-5-11(16)6-4-10/h3-7H,8H2,1-2H3. The molecule has 2 heterocycles. The number of hydrogen-bond donors (Lipinski definition) is 0. The van der Waals surface area contributed by atoms with E-state index in [0.717, 1.165) is 10.7 Å². The van der Waals surface area contributed by atoms with Gasteiger partial charge < -0.3 is 4.57 Å². The van der Waals surface area contributed by atoms with Crippen LogP contribution in [0.15, 0.2) is 34.8 Å². The number of rotatable bonds is 5. The van der Waals surface area contributed by atoms with E-state index >= 15 is 0 Å². The van der Waals surface area contributed by atoms with Gasteiger partial charge in [0.25, 0.3) is 0 Å². The number of Topliss-reactive ketones (excluding diaryl/α,β-unsaturated/α-hetero) is 1. The van der Waals surface area contributed by atoms with Crippen molar-refractivity contribution in [3.63, 3.8) is 0 Å². The van der Waals surface area contributed by atoms with Crippen LogP contribution in [0.3, 0.4) is 0 Å². The molecule has 23 heavy (non-hydrogen) atoms. The molecular formula is C15H13FN4OS2. The summed E-state index contributed by atoms with van der Waals surface area (Å²) >= 11 is 2.85. The lowest BCUT2D eigenvalue weighted by Gasteiger charge is -2.02. The van der Waals surface area contributed by atoms with Gasteiger partial charge in [-0.15, -0.1) is 21.5 Å². The lowest BCUT2D eigenvalue weighted by atomic mass is 10.1. The number of hydrogen-bond acceptors (Lipinski definition) is 6. The fourth-order valence-electron chi connectivity index (χ4n) is 1.98. The molecule has 0 atom stereocenters. The lowest BCUT2D eigenvalue weighted by molar-refractivity contribution is 0.102. The summed E-state index contributed by atoms with van der Waals surface area (Å²) in [6.07, 6.45) is 0. The van der Waals surface area contributed by atoms with Crippen molar-refractivity contribution in [2.45, 2.75) is 12.1 Å². The molecule has 0 aliphatic heterocycles. The summed E-state index contributed by atoms with van der Waals surface area (Å²) in [5, 5.41) is 11.8. The van der Waals surface area contributed by atoms with Crippen molar-refractivity contribution in [1.29, 1.82) is 0 Å². The highest BCUT2D eigenvalue weighted by Gasteiger charge is 2.15. The summed E-state index contributed by atoms with van der Waals surface area (Å²) < 4.78 is 14.7. The second-order valence-corrected chi connectivity index (χ2v) is 6.84. The fourth-order valence-corrected chi connectivity index (χ4v) is 3.38. The number of halogens is 1. The molecule has 5 nitrogen and oxygen atoms in total. The first kappa shape index (κ1) is 15.8. The molecular weight excluding hydrogens is 335 g/mol. The molecule has 118 valence electrons. The predicted octanol–water partition coefficient (Wildman–Crippen LogP) is 3.36. The van der Waals surface area contributed by atoms with Crippen LogP contribution < -0.4 is 0 Å². The summed E-state index contributed by atoms with van der Waals surface area (Å²) in [7, 11) is 1.84. The lowest BCUT2D eigenvalue weighted by Crippen LogP contribution is -2.04. The van der Waals surface area contributed by atoms with Gasteiger partial charge in [-0.2, -0.15) is 0 Å². The first-order valence-electron chi connectivity index (χ1n) is 6.78. The van der Waals surface area contributed by atoms with Gasteiger partial charge >= 0.3 is 0 Å².